The van der Waals surface area contributed by atoms with E-state index in [1.165, 1.54) is 6.42 Å². The highest BCUT2D eigenvalue weighted by atomic mass is 14.7. The minimum atomic E-state index is 1.12. The van der Waals surface area contributed by atoms with Gasteiger partial charge in [0.2, 0.25) is 12.4 Å². The maximum Gasteiger partial charge on any atom is 0.237 e. The molecule has 0 spiro atoms. The smallest absolute Gasteiger partial charge is 0.0191 e. The Hall–Kier alpha value is -0.590. The number of hydrogen-bond donors (Lipinski definition) is 0. The Morgan fingerprint density at radius 1 is 1.33 bits per heavy atom. The van der Waals surface area contributed by atoms with E-state index in [0.717, 1.165) is 6.42 Å². The third-order valence-electron chi connectivity index (χ3n) is 0.759. The fourth-order valence-electron chi connectivity index (χ4n) is 0.442. The molecule has 0 aromatic heterocycles. The van der Waals surface area contributed by atoms with E-state index in [1.807, 2.05) is 12.4 Å². The number of nitrogens with zero attached hydrogens (tertiary/aromatic N) is 1. The summed E-state index contributed by atoms with van der Waals surface area (Å²) >= 11 is 0. The average Bonchev–Trinajstić information content (AvgIpc) is 1.72. The summed E-state index contributed by atoms with van der Waals surface area (Å²) in [7, 11) is 0. The molecule has 31 valence electrons. The van der Waals surface area contributed by atoms with Gasteiger partial charge in [-0.1, -0.05) is 0 Å². The number of rotatable bonds is 0. The van der Waals surface area contributed by atoms with E-state index in [-0.39, 0.29) is 0 Å². The van der Waals surface area contributed by atoms with Crippen LogP contribution in [0.25, 0.3) is 0 Å². The molecule has 0 N–H and O–H groups in total. The zero-order valence-corrected chi connectivity index (χ0v) is 3.59. The second-order valence-corrected chi connectivity index (χ2v) is 1.29. The van der Waals surface area contributed by atoms with Gasteiger partial charge in [-0.3, -0.25) is 0 Å². The van der Waals surface area contributed by atoms with Crippen LogP contribution in [0.1, 0.15) is 12.8 Å². The van der Waals surface area contributed by atoms with Crippen molar-refractivity contribution in [2.24, 2.45) is 0 Å². The molecule has 1 rings (SSSR count). The maximum absolute atomic E-state index is 3.87. The molecule has 6 heavy (non-hydrogen) atoms. The molecular weight excluding hydrogens is 74.1 g/mol. The van der Waals surface area contributed by atoms with Crippen molar-refractivity contribution in [1.29, 1.82) is 0 Å². The third-order valence-corrected chi connectivity index (χ3v) is 0.759. The average molecular weight is 81.1 g/mol. The van der Waals surface area contributed by atoms with E-state index in [4.69, 9.17) is 0 Å². The standard InChI is InChI=1S/C5H7N/c1-2-4-6-5-3-1/h2,4-5H,1,3H2/q+1. The fourth-order valence-corrected chi connectivity index (χ4v) is 0.442. The van der Waals surface area contributed by atoms with Crippen LogP contribution in [0, 0.1) is 0 Å². The first-order chi connectivity index (χ1) is 3.00. The van der Waals surface area contributed by atoms with Gasteiger partial charge in [0.15, 0.2) is 0 Å². The zero-order chi connectivity index (χ0) is 4.24. The summed E-state index contributed by atoms with van der Waals surface area (Å²) in [5.41, 5.74) is 0. The SMILES string of the molecule is C1=C[N+]=CCC1. The van der Waals surface area contributed by atoms with Crippen molar-refractivity contribution in [1.82, 2.24) is 4.99 Å². The molecule has 0 saturated heterocycles. The Labute approximate surface area is 37.4 Å². The summed E-state index contributed by atoms with van der Waals surface area (Å²) < 4.78 is 0. The largest absolute Gasteiger partial charge is 0.237 e. The van der Waals surface area contributed by atoms with Crippen LogP contribution in [0.2, 0.25) is 0 Å². The second-order valence-electron chi connectivity index (χ2n) is 1.29. The molecular formula is C5H7N+. The molecule has 0 aliphatic carbocycles. The van der Waals surface area contributed by atoms with Crippen LogP contribution < -0.4 is 4.99 Å². The third kappa shape index (κ3) is 0.677. The Morgan fingerprint density at radius 2 is 2.33 bits per heavy atom. The summed E-state index contributed by atoms with van der Waals surface area (Å²) in [6, 6.07) is 0. The summed E-state index contributed by atoms with van der Waals surface area (Å²) in [5, 5.41) is 0. The Morgan fingerprint density at radius 3 is 2.50 bits per heavy atom. The van der Waals surface area contributed by atoms with Crippen LogP contribution in [0.3, 0.4) is 0 Å². The Bertz CT molecular complexity index is 69.9. The molecule has 0 unspecified atom stereocenters. The van der Waals surface area contributed by atoms with Crippen LogP contribution in [0.4, 0.5) is 0 Å². The van der Waals surface area contributed by atoms with Gasteiger partial charge >= 0.3 is 0 Å². The van der Waals surface area contributed by atoms with Crippen molar-refractivity contribution in [3.63, 3.8) is 0 Å². The first-order valence-corrected chi connectivity index (χ1v) is 2.17. The molecule has 0 saturated carbocycles. The lowest BCUT2D eigenvalue weighted by molar-refractivity contribution is 1.06. The van der Waals surface area contributed by atoms with Gasteiger partial charge in [-0.2, -0.15) is 0 Å². The highest BCUT2D eigenvalue weighted by Crippen LogP contribution is 1.87. The first kappa shape index (κ1) is 3.59. The van der Waals surface area contributed by atoms with E-state index in [9.17, 15) is 0 Å². The van der Waals surface area contributed by atoms with E-state index < -0.39 is 0 Å². The van der Waals surface area contributed by atoms with Crippen LogP contribution in [-0.4, -0.2) is 6.21 Å². The van der Waals surface area contributed by atoms with Crippen LogP contribution in [0.5, 0.6) is 0 Å². The molecule has 0 aromatic carbocycles. The highest BCUT2D eigenvalue weighted by molar-refractivity contribution is 5.57. The molecule has 0 bridgehead atoms. The van der Waals surface area contributed by atoms with E-state index in [2.05, 4.69) is 11.1 Å². The van der Waals surface area contributed by atoms with E-state index >= 15 is 0 Å². The molecule has 0 aromatic rings. The minimum absolute atomic E-state index is 1.12. The van der Waals surface area contributed by atoms with E-state index in [0.29, 0.717) is 0 Å². The summed E-state index contributed by atoms with van der Waals surface area (Å²) in [5.74, 6) is 0. The van der Waals surface area contributed by atoms with Gasteiger partial charge in [0.1, 0.15) is 0 Å². The Kier molecular flexibility index (Phi) is 1.05. The van der Waals surface area contributed by atoms with Gasteiger partial charge in [-0.05, 0) is 12.5 Å². The summed E-state index contributed by atoms with van der Waals surface area (Å²) in [4.78, 5) is 3.87. The predicted octanol–water partition coefficient (Wildman–Crippen LogP) is 0.700. The van der Waals surface area contributed by atoms with Gasteiger partial charge in [0, 0.05) is 11.4 Å². The minimum Gasteiger partial charge on any atom is -0.0191 e. The molecule has 1 heterocycles. The molecule has 1 nitrogen and oxygen atoms in total. The maximum atomic E-state index is 3.87. The van der Waals surface area contributed by atoms with Crippen molar-refractivity contribution >= 4 is 6.21 Å². The summed E-state index contributed by atoms with van der Waals surface area (Å²) in [6.07, 6.45) is 8.13. The lowest BCUT2D eigenvalue weighted by atomic mass is 10.3. The second kappa shape index (κ2) is 1.75. The molecule has 0 fully saturated rings. The monoisotopic (exact) mass is 81.1 g/mol. The van der Waals surface area contributed by atoms with Gasteiger partial charge in [0.05, 0.1) is 0 Å². The van der Waals surface area contributed by atoms with Crippen molar-refractivity contribution in [2.75, 3.05) is 0 Å². The van der Waals surface area contributed by atoms with Gasteiger partial charge in [0.25, 0.3) is 0 Å². The first-order valence-electron chi connectivity index (χ1n) is 2.17. The van der Waals surface area contributed by atoms with Gasteiger partial charge < -0.3 is 0 Å². The molecule has 1 radical (unpaired) electrons. The molecule has 1 aliphatic rings. The van der Waals surface area contributed by atoms with Crippen LogP contribution in [0.15, 0.2) is 12.3 Å². The number of aliphatic imine (C=N–C) groups is 1. The summed E-state index contributed by atoms with van der Waals surface area (Å²) in [6.45, 7) is 0. The zero-order valence-electron chi connectivity index (χ0n) is 3.59. The van der Waals surface area contributed by atoms with Crippen molar-refractivity contribution in [3.8, 4) is 0 Å². The molecule has 1 heteroatoms. The molecule has 0 amide bonds. The normalized spacial score (nSPS) is 18.7. The molecule has 1 aliphatic heterocycles. The van der Waals surface area contributed by atoms with Crippen molar-refractivity contribution < 1.29 is 0 Å². The van der Waals surface area contributed by atoms with Gasteiger partial charge in [-0.25, -0.2) is 0 Å². The van der Waals surface area contributed by atoms with Crippen molar-refractivity contribution in [2.45, 2.75) is 12.8 Å². The lowest BCUT2D eigenvalue weighted by Gasteiger charge is -1.76. The quantitative estimate of drug-likeness (QED) is 0.407. The predicted molar refractivity (Wildman–Crippen MR) is 26.6 cm³/mol. The topological polar surface area (TPSA) is 14.1 Å². The fraction of sp³-hybridized carbons (Fsp3) is 0.400. The van der Waals surface area contributed by atoms with Crippen LogP contribution in [-0.2, 0) is 0 Å². The molecule has 0 atom stereocenters. The van der Waals surface area contributed by atoms with Crippen LogP contribution >= 0.6 is 0 Å². The van der Waals surface area contributed by atoms with Gasteiger partial charge in [-0.15, -0.1) is 0 Å². The lowest BCUT2D eigenvalue weighted by Crippen LogP contribution is -1.87. The highest BCUT2D eigenvalue weighted by Gasteiger charge is 1.90. The van der Waals surface area contributed by atoms with Crippen molar-refractivity contribution in [3.05, 3.63) is 12.3 Å². The number of hydrogen-bond acceptors (Lipinski definition) is 1. The number of allylic oxidation sites excluding steroid dienone is 1. The van der Waals surface area contributed by atoms with E-state index in [1.54, 1.807) is 0 Å². The Balaban J connectivity index is 2.46.